The fraction of sp³-hybridized carbons (Fsp3) is 0.667. The van der Waals surface area contributed by atoms with E-state index in [0.29, 0.717) is 0 Å². The van der Waals surface area contributed by atoms with Crippen molar-refractivity contribution in [2.75, 3.05) is 14.1 Å². The van der Waals surface area contributed by atoms with Gasteiger partial charge in [-0.1, -0.05) is 0 Å². The molecule has 0 unspecified atom stereocenters. The van der Waals surface area contributed by atoms with Crippen LogP contribution < -0.4 is 0 Å². The number of carbonyl (C=O) groups excluding carboxylic acids is 1. The third-order valence-corrected chi connectivity index (χ3v) is 0.211. The molecule has 0 spiro atoms. The fourth-order valence-corrected chi connectivity index (χ4v) is 0. The third-order valence-electron chi connectivity index (χ3n) is 0.211. The predicted molar refractivity (Wildman–Crippen MR) is 34.2 cm³/mol. The second-order valence-electron chi connectivity index (χ2n) is 1.07. The Balaban J connectivity index is -0.0000000800. The first-order valence-electron chi connectivity index (χ1n) is 1.39. The van der Waals surface area contributed by atoms with E-state index in [1.165, 1.54) is 4.90 Å². The molecular weight excluding hydrogens is 137 g/mol. The minimum Gasteiger partial charge on any atom is -0.351 e. The van der Waals surface area contributed by atoms with E-state index in [1.54, 1.807) is 14.1 Å². The van der Waals surface area contributed by atoms with Crippen LogP contribution in [0.3, 0.4) is 0 Å². The average Bonchev–Trinajstić information content (AvgIpc) is 1.38. The van der Waals surface area contributed by atoms with Crippen LogP contribution in [0, 0.1) is 0 Å². The summed E-state index contributed by atoms with van der Waals surface area (Å²) >= 11 is 0. The molecule has 0 bridgehead atoms. The van der Waals surface area contributed by atoms with Gasteiger partial charge in [0.05, 0.1) is 0 Å². The quantitative estimate of drug-likeness (QED) is 0.494. The predicted octanol–water partition coefficient (Wildman–Crippen LogP) is 0.548. The molecule has 4 heteroatoms. The maximum Gasteiger partial charge on any atom is 0.209 e. The van der Waals surface area contributed by atoms with Gasteiger partial charge in [0.25, 0.3) is 0 Å². The first kappa shape index (κ1) is 15.7. The second-order valence-corrected chi connectivity index (χ2v) is 1.07. The molecule has 0 saturated carbocycles. The van der Waals surface area contributed by atoms with E-state index < -0.39 is 0 Å². The first-order valence-corrected chi connectivity index (χ1v) is 1.39. The van der Waals surface area contributed by atoms with E-state index in [-0.39, 0.29) is 24.8 Å². The van der Waals surface area contributed by atoms with E-state index in [2.05, 4.69) is 0 Å². The van der Waals surface area contributed by atoms with Crippen molar-refractivity contribution in [3.05, 3.63) is 0 Å². The standard InChI is InChI=1S/C3H7NO.2ClH/c1-4(2)3-5;;/h3H,1-2H3;2*1H. The summed E-state index contributed by atoms with van der Waals surface area (Å²) in [6, 6.07) is 0. The van der Waals surface area contributed by atoms with Gasteiger partial charge in [0.15, 0.2) is 0 Å². The molecule has 0 aliphatic rings. The van der Waals surface area contributed by atoms with Gasteiger partial charge in [0.1, 0.15) is 0 Å². The Morgan fingerprint density at radius 1 is 1.29 bits per heavy atom. The minimum atomic E-state index is 0. The Morgan fingerprint density at radius 2 is 1.43 bits per heavy atom. The van der Waals surface area contributed by atoms with Gasteiger partial charge in [-0.3, -0.25) is 4.79 Å². The Kier molecular flexibility index (Phi) is 21.1. The molecule has 0 aliphatic heterocycles. The van der Waals surface area contributed by atoms with Gasteiger partial charge in [-0.05, 0) is 0 Å². The number of hydrogen-bond acceptors (Lipinski definition) is 1. The van der Waals surface area contributed by atoms with Crippen molar-refractivity contribution in [3.8, 4) is 0 Å². The summed E-state index contributed by atoms with van der Waals surface area (Å²) < 4.78 is 0. The van der Waals surface area contributed by atoms with E-state index in [1.807, 2.05) is 0 Å². The molecule has 0 aromatic heterocycles. The van der Waals surface area contributed by atoms with Crippen LogP contribution >= 0.6 is 24.8 Å². The van der Waals surface area contributed by atoms with Gasteiger partial charge in [0.2, 0.25) is 6.41 Å². The highest BCUT2D eigenvalue weighted by atomic mass is 35.5. The number of hydrogen-bond donors (Lipinski definition) is 0. The summed E-state index contributed by atoms with van der Waals surface area (Å²) in [5.74, 6) is 0. The van der Waals surface area contributed by atoms with Gasteiger partial charge >= 0.3 is 0 Å². The summed E-state index contributed by atoms with van der Waals surface area (Å²) in [7, 11) is 3.38. The number of carbonyl (C=O) groups is 1. The van der Waals surface area contributed by atoms with Crippen molar-refractivity contribution in [2.45, 2.75) is 0 Å². The zero-order valence-corrected chi connectivity index (χ0v) is 5.88. The maximum absolute atomic E-state index is 9.43. The molecule has 0 fully saturated rings. The first-order chi connectivity index (χ1) is 2.27. The lowest BCUT2D eigenvalue weighted by Crippen LogP contribution is -2.06. The lowest BCUT2D eigenvalue weighted by molar-refractivity contribution is -0.115. The molecule has 2 nitrogen and oxygen atoms in total. The molecule has 0 rings (SSSR count). The van der Waals surface area contributed by atoms with Crippen LogP contribution in [-0.4, -0.2) is 25.4 Å². The van der Waals surface area contributed by atoms with Gasteiger partial charge < -0.3 is 4.90 Å². The van der Waals surface area contributed by atoms with Crippen LogP contribution in [0.2, 0.25) is 0 Å². The molecule has 0 aromatic rings. The summed E-state index contributed by atoms with van der Waals surface area (Å²) in [5.41, 5.74) is 0. The smallest absolute Gasteiger partial charge is 0.209 e. The normalized spacial score (nSPS) is 4.86. The van der Waals surface area contributed by atoms with Crippen LogP contribution in [0.25, 0.3) is 0 Å². The second kappa shape index (κ2) is 9.41. The molecule has 0 N–H and O–H groups in total. The largest absolute Gasteiger partial charge is 0.351 e. The van der Waals surface area contributed by atoms with E-state index in [4.69, 9.17) is 0 Å². The monoisotopic (exact) mass is 145 g/mol. The molecule has 0 atom stereocenters. The molecule has 0 aliphatic carbocycles. The topological polar surface area (TPSA) is 20.3 Å². The maximum atomic E-state index is 9.43. The highest BCUT2D eigenvalue weighted by molar-refractivity contribution is 5.85. The minimum absolute atomic E-state index is 0. The van der Waals surface area contributed by atoms with Gasteiger partial charge in [-0.15, -0.1) is 24.8 Å². The highest BCUT2D eigenvalue weighted by Gasteiger charge is 1.68. The Morgan fingerprint density at radius 3 is 1.43 bits per heavy atom. The van der Waals surface area contributed by atoms with Crippen molar-refractivity contribution < 1.29 is 4.79 Å². The Hall–Kier alpha value is 0.0500. The van der Waals surface area contributed by atoms with Crippen molar-refractivity contribution in [2.24, 2.45) is 0 Å². The zero-order valence-electron chi connectivity index (χ0n) is 4.25. The average molecular weight is 146 g/mol. The molecule has 1 amide bonds. The van der Waals surface area contributed by atoms with Crippen molar-refractivity contribution in [1.29, 1.82) is 0 Å². The Bertz CT molecular complexity index is 39.9. The molecule has 0 heterocycles. The third kappa shape index (κ3) is 23.6. The van der Waals surface area contributed by atoms with Crippen LogP contribution in [0.4, 0.5) is 0 Å². The molecule has 7 heavy (non-hydrogen) atoms. The summed E-state index contributed by atoms with van der Waals surface area (Å²) in [5, 5.41) is 0. The van der Waals surface area contributed by atoms with Gasteiger partial charge in [0, 0.05) is 14.1 Å². The summed E-state index contributed by atoms with van der Waals surface area (Å²) in [4.78, 5) is 10.9. The van der Waals surface area contributed by atoms with E-state index >= 15 is 0 Å². The lowest BCUT2D eigenvalue weighted by atomic mass is 11.0. The molecule has 46 valence electrons. The summed E-state index contributed by atoms with van der Waals surface area (Å²) in [6.45, 7) is 0. The van der Waals surface area contributed by atoms with Gasteiger partial charge in [-0.2, -0.15) is 0 Å². The van der Waals surface area contributed by atoms with Crippen LogP contribution in [-0.2, 0) is 4.79 Å². The number of halogens is 2. The Labute approximate surface area is 55.7 Å². The molecule has 0 saturated heterocycles. The van der Waals surface area contributed by atoms with E-state index in [0.717, 1.165) is 6.41 Å². The highest BCUT2D eigenvalue weighted by Crippen LogP contribution is 1.52. The van der Waals surface area contributed by atoms with Crippen LogP contribution in [0.1, 0.15) is 0 Å². The van der Waals surface area contributed by atoms with Crippen molar-refractivity contribution in [1.82, 2.24) is 4.90 Å². The zero-order chi connectivity index (χ0) is 4.28. The lowest BCUT2D eigenvalue weighted by Gasteiger charge is -1.93. The van der Waals surface area contributed by atoms with E-state index in [9.17, 15) is 4.79 Å². The molecular formula is C3H9Cl2NO. The van der Waals surface area contributed by atoms with Gasteiger partial charge in [-0.25, -0.2) is 0 Å². The van der Waals surface area contributed by atoms with Crippen molar-refractivity contribution >= 4 is 31.2 Å². The number of amides is 1. The molecule has 0 radical (unpaired) electrons. The van der Waals surface area contributed by atoms with Crippen LogP contribution in [0.5, 0.6) is 0 Å². The number of nitrogens with zero attached hydrogens (tertiary/aromatic N) is 1. The molecule has 0 aromatic carbocycles. The SMILES string of the molecule is CN(C)C=O.Cl.Cl. The van der Waals surface area contributed by atoms with Crippen molar-refractivity contribution in [3.63, 3.8) is 0 Å². The fourth-order valence-electron chi connectivity index (χ4n) is 0. The summed E-state index contributed by atoms with van der Waals surface area (Å²) in [6.07, 6.45) is 0.750. The number of rotatable bonds is 1. The van der Waals surface area contributed by atoms with Crippen LogP contribution in [0.15, 0.2) is 0 Å².